The molecule has 2 atom stereocenters. The zero-order valence-electron chi connectivity index (χ0n) is 13.0. The molecule has 1 aliphatic carbocycles. The lowest BCUT2D eigenvalue weighted by Gasteiger charge is -2.40. The quantitative estimate of drug-likeness (QED) is 0.920. The fourth-order valence-corrected chi connectivity index (χ4v) is 3.64. The molecular formula is C16H24N2O3. The van der Waals surface area contributed by atoms with Crippen molar-refractivity contribution in [3.05, 3.63) is 12.1 Å². The van der Waals surface area contributed by atoms with Crippen molar-refractivity contribution in [3.63, 3.8) is 0 Å². The Morgan fingerprint density at radius 3 is 2.38 bits per heavy atom. The Morgan fingerprint density at radius 1 is 1.05 bits per heavy atom. The molecule has 0 radical (unpaired) electrons. The maximum atomic E-state index is 5.47. The number of piperazine rings is 1. The minimum absolute atomic E-state index is 0.571. The van der Waals surface area contributed by atoms with Crippen LogP contribution in [0.3, 0.4) is 0 Å². The van der Waals surface area contributed by atoms with Crippen molar-refractivity contribution < 1.29 is 14.2 Å². The van der Waals surface area contributed by atoms with Crippen molar-refractivity contribution in [3.8, 4) is 17.2 Å². The summed E-state index contributed by atoms with van der Waals surface area (Å²) >= 11 is 0. The zero-order chi connectivity index (χ0) is 14.8. The van der Waals surface area contributed by atoms with E-state index in [0.29, 0.717) is 17.8 Å². The molecule has 0 bridgehead atoms. The van der Waals surface area contributed by atoms with Crippen LogP contribution in [0.1, 0.15) is 19.3 Å². The first-order chi connectivity index (χ1) is 10.3. The van der Waals surface area contributed by atoms with Crippen LogP contribution in [-0.2, 0) is 0 Å². The van der Waals surface area contributed by atoms with E-state index in [-0.39, 0.29) is 0 Å². The lowest BCUT2D eigenvalue weighted by atomic mass is 10.1. The second kappa shape index (κ2) is 6.02. The number of benzene rings is 1. The van der Waals surface area contributed by atoms with Crippen LogP contribution < -0.4 is 24.4 Å². The fourth-order valence-electron chi connectivity index (χ4n) is 3.64. The highest BCUT2D eigenvalue weighted by molar-refractivity contribution is 5.64. The van der Waals surface area contributed by atoms with Gasteiger partial charge in [-0.2, -0.15) is 0 Å². The van der Waals surface area contributed by atoms with Crippen molar-refractivity contribution in [2.75, 3.05) is 39.3 Å². The number of nitrogens with zero attached hydrogens (tertiary/aromatic N) is 1. The molecule has 1 heterocycles. The summed E-state index contributed by atoms with van der Waals surface area (Å²) < 4.78 is 16.4. The molecular weight excluding hydrogens is 268 g/mol. The normalized spacial score (nSPS) is 24.6. The molecule has 1 saturated heterocycles. The number of rotatable bonds is 4. The maximum Gasteiger partial charge on any atom is 0.203 e. The molecule has 2 aliphatic rings. The topological polar surface area (TPSA) is 43.0 Å². The molecule has 1 aliphatic heterocycles. The first kappa shape index (κ1) is 14.3. The maximum absolute atomic E-state index is 5.47. The summed E-state index contributed by atoms with van der Waals surface area (Å²) in [7, 11) is 4.96. The molecule has 1 aromatic rings. The van der Waals surface area contributed by atoms with Crippen molar-refractivity contribution in [2.24, 2.45) is 0 Å². The zero-order valence-corrected chi connectivity index (χ0v) is 13.0. The fraction of sp³-hybridized carbons (Fsp3) is 0.625. The number of nitrogens with one attached hydrogen (secondary N) is 1. The van der Waals surface area contributed by atoms with Crippen LogP contribution >= 0.6 is 0 Å². The largest absolute Gasteiger partial charge is 0.493 e. The molecule has 21 heavy (non-hydrogen) atoms. The summed E-state index contributed by atoms with van der Waals surface area (Å²) in [5.41, 5.74) is 1.16. The molecule has 1 aromatic carbocycles. The summed E-state index contributed by atoms with van der Waals surface area (Å²) in [5.74, 6) is 2.10. The van der Waals surface area contributed by atoms with Gasteiger partial charge in [-0.15, -0.1) is 0 Å². The molecule has 3 rings (SSSR count). The molecule has 5 heteroatoms. The Hall–Kier alpha value is -1.62. The van der Waals surface area contributed by atoms with Crippen LogP contribution in [0.25, 0.3) is 0 Å². The van der Waals surface area contributed by atoms with E-state index >= 15 is 0 Å². The van der Waals surface area contributed by atoms with Gasteiger partial charge in [0, 0.05) is 43.0 Å². The number of ether oxygens (including phenoxy) is 3. The van der Waals surface area contributed by atoms with Crippen LogP contribution in [0.5, 0.6) is 17.2 Å². The lowest BCUT2D eigenvalue weighted by Crippen LogP contribution is -2.55. The predicted molar refractivity (Wildman–Crippen MR) is 82.9 cm³/mol. The number of hydrogen-bond acceptors (Lipinski definition) is 5. The van der Waals surface area contributed by atoms with Gasteiger partial charge in [-0.25, -0.2) is 0 Å². The van der Waals surface area contributed by atoms with E-state index in [1.807, 2.05) is 0 Å². The third-order valence-electron chi connectivity index (χ3n) is 4.62. The average Bonchev–Trinajstić information content (AvgIpc) is 3.01. The summed E-state index contributed by atoms with van der Waals surface area (Å²) in [6.07, 6.45) is 3.81. The SMILES string of the molecule is COc1cc(N2CCN[C@@H]3CCC[C@H]32)cc(OC)c1OC. The lowest BCUT2D eigenvalue weighted by molar-refractivity contribution is 0.323. The minimum atomic E-state index is 0.571. The average molecular weight is 292 g/mol. The number of methoxy groups -OCH3 is 3. The first-order valence-electron chi connectivity index (χ1n) is 7.58. The molecule has 0 unspecified atom stereocenters. The second-order valence-corrected chi connectivity index (χ2v) is 5.64. The van der Waals surface area contributed by atoms with Gasteiger partial charge in [0.15, 0.2) is 11.5 Å². The van der Waals surface area contributed by atoms with E-state index in [9.17, 15) is 0 Å². The third-order valence-corrected chi connectivity index (χ3v) is 4.62. The van der Waals surface area contributed by atoms with E-state index in [1.165, 1.54) is 19.3 Å². The van der Waals surface area contributed by atoms with Crippen LogP contribution in [-0.4, -0.2) is 46.5 Å². The van der Waals surface area contributed by atoms with Gasteiger partial charge >= 0.3 is 0 Å². The van der Waals surface area contributed by atoms with Crippen LogP contribution in [0.4, 0.5) is 5.69 Å². The summed E-state index contributed by atoms with van der Waals surface area (Å²) in [6, 6.07) is 5.30. The van der Waals surface area contributed by atoms with Crippen molar-refractivity contribution in [1.82, 2.24) is 5.32 Å². The predicted octanol–water partition coefficient (Wildman–Crippen LogP) is 2.04. The third kappa shape index (κ3) is 2.50. The summed E-state index contributed by atoms with van der Waals surface area (Å²) in [4.78, 5) is 2.48. The molecule has 0 amide bonds. The smallest absolute Gasteiger partial charge is 0.203 e. The summed E-state index contributed by atoms with van der Waals surface area (Å²) in [5, 5.41) is 3.63. The molecule has 116 valence electrons. The Labute approximate surface area is 126 Å². The molecule has 5 nitrogen and oxygen atoms in total. The van der Waals surface area contributed by atoms with E-state index in [4.69, 9.17) is 14.2 Å². The molecule has 0 spiro atoms. The molecule has 0 aromatic heterocycles. The van der Waals surface area contributed by atoms with Crippen LogP contribution in [0, 0.1) is 0 Å². The van der Waals surface area contributed by atoms with Gasteiger partial charge in [-0.05, 0) is 19.3 Å². The number of hydrogen-bond donors (Lipinski definition) is 1. The Kier molecular flexibility index (Phi) is 4.10. The van der Waals surface area contributed by atoms with E-state index in [2.05, 4.69) is 22.3 Å². The Balaban J connectivity index is 1.97. The van der Waals surface area contributed by atoms with Gasteiger partial charge in [0.1, 0.15) is 0 Å². The summed E-state index contributed by atoms with van der Waals surface area (Å²) in [6.45, 7) is 2.04. The first-order valence-corrected chi connectivity index (χ1v) is 7.58. The monoisotopic (exact) mass is 292 g/mol. The van der Waals surface area contributed by atoms with Crippen LogP contribution in [0.15, 0.2) is 12.1 Å². The van der Waals surface area contributed by atoms with E-state index in [1.54, 1.807) is 21.3 Å². The highest BCUT2D eigenvalue weighted by Crippen LogP contribution is 2.42. The van der Waals surface area contributed by atoms with Crippen molar-refractivity contribution >= 4 is 5.69 Å². The molecule has 1 N–H and O–H groups in total. The highest BCUT2D eigenvalue weighted by atomic mass is 16.5. The van der Waals surface area contributed by atoms with Gasteiger partial charge in [-0.1, -0.05) is 0 Å². The van der Waals surface area contributed by atoms with Gasteiger partial charge in [-0.3, -0.25) is 0 Å². The number of fused-ring (bicyclic) bond motifs is 1. The van der Waals surface area contributed by atoms with Gasteiger partial charge < -0.3 is 24.4 Å². The second-order valence-electron chi connectivity index (χ2n) is 5.64. The van der Waals surface area contributed by atoms with E-state index in [0.717, 1.165) is 30.3 Å². The van der Waals surface area contributed by atoms with Gasteiger partial charge in [0.25, 0.3) is 0 Å². The van der Waals surface area contributed by atoms with Gasteiger partial charge in [0.2, 0.25) is 5.75 Å². The van der Waals surface area contributed by atoms with Gasteiger partial charge in [0.05, 0.1) is 21.3 Å². The van der Waals surface area contributed by atoms with E-state index < -0.39 is 0 Å². The van der Waals surface area contributed by atoms with Crippen molar-refractivity contribution in [1.29, 1.82) is 0 Å². The standard InChI is InChI=1S/C16H24N2O3/c1-19-14-9-11(10-15(20-2)16(14)21-3)18-8-7-17-12-5-4-6-13(12)18/h9-10,12-13,17H,4-8H2,1-3H3/t12-,13-/m1/s1. The number of anilines is 1. The molecule has 2 fully saturated rings. The van der Waals surface area contributed by atoms with Crippen LogP contribution in [0.2, 0.25) is 0 Å². The van der Waals surface area contributed by atoms with Crippen molar-refractivity contribution in [2.45, 2.75) is 31.3 Å². The Morgan fingerprint density at radius 2 is 1.76 bits per heavy atom. The Bertz CT molecular complexity index is 481. The minimum Gasteiger partial charge on any atom is -0.493 e. The highest BCUT2D eigenvalue weighted by Gasteiger charge is 2.35. The molecule has 1 saturated carbocycles.